The Balaban J connectivity index is 1.22. The fraction of sp³-hybridized carbons (Fsp3) is 0.0577. The molecule has 0 saturated carbocycles. The van der Waals surface area contributed by atoms with Crippen molar-refractivity contribution in [1.29, 1.82) is 0 Å². The molecule has 57 heavy (non-hydrogen) atoms. The summed E-state index contributed by atoms with van der Waals surface area (Å²) in [4.78, 5) is 15.3. The lowest BCUT2D eigenvalue weighted by molar-refractivity contribution is 0.661. The van der Waals surface area contributed by atoms with Gasteiger partial charge in [-0.15, -0.1) is 0 Å². The van der Waals surface area contributed by atoms with Crippen molar-refractivity contribution in [3.05, 3.63) is 181 Å². The number of nitrogens with zero attached hydrogens (tertiary/aromatic N) is 4. The summed E-state index contributed by atoms with van der Waals surface area (Å²) in [5.74, 6) is 1.78. The predicted molar refractivity (Wildman–Crippen MR) is 233 cm³/mol. The maximum atomic E-state index is 6.93. The van der Waals surface area contributed by atoms with Gasteiger partial charge in [-0.1, -0.05) is 153 Å². The maximum Gasteiger partial charge on any atom is 0.167 e. The molecule has 0 bridgehead atoms. The van der Waals surface area contributed by atoms with Gasteiger partial charge in [-0.2, -0.15) is 0 Å². The third-order valence-corrected chi connectivity index (χ3v) is 12.0. The summed E-state index contributed by atoms with van der Waals surface area (Å²) in [6.45, 7) is 4.70. The van der Waals surface area contributed by atoms with Gasteiger partial charge in [0.05, 0.1) is 27.7 Å². The van der Waals surface area contributed by atoms with Crippen LogP contribution in [0.4, 0.5) is 0 Å². The molecule has 0 saturated heterocycles. The van der Waals surface area contributed by atoms with Gasteiger partial charge >= 0.3 is 0 Å². The van der Waals surface area contributed by atoms with E-state index in [0.717, 1.165) is 49.8 Å². The smallest absolute Gasteiger partial charge is 0.167 e. The Morgan fingerprint density at radius 2 is 1.12 bits per heavy atom. The first-order chi connectivity index (χ1) is 28.0. The van der Waals surface area contributed by atoms with Crippen LogP contribution in [0.15, 0.2) is 174 Å². The van der Waals surface area contributed by atoms with Gasteiger partial charge in [0, 0.05) is 38.3 Å². The number of para-hydroxylation sites is 1. The first-order valence-electron chi connectivity index (χ1n) is 19.5. The molecule has 5 heteroatoms. The van der Waals surface area contributed by atoms with Crippen LogP contribution in [-0.4, -0.2) is 19.5 Å². The number of hydrogen-bond acceptors (Lipinski definition) is 4. The van der Waals surface area contributed by atoms with E-state index in [1.165, 1.54) is 49.3 Å². The summed E-state index contributed by atoms with van der Waals surface area (Å²) in [6.07, 6.45) is 0. The summed E-state index contributed by atoms with van der Waals surface area (Å²) >= 11 is 0. The van der Waals surface area contributed by atoms with Crippen molar-refractivity contribution < 1.29 is 4.42 Å². The number of furan rings is 1. The highest BCUT2D eigenvalue weighted by atomic mass is 16.3. The molecular formula is C52H34N4O. The van der Waals surface area contributed by atoms with Crippen molar-refractivity contribution in [2.75, 3.05) is 0 Å². The van der Waals surface area contributed by atoms with E-state index >= 15 is 0 Å². The fourth-order valence-corrected chi connectivity index (χ4v) is 9.33. The average Bonchev–Trinajstić information content (AvgIpc) is 3.89. The molecule has 11 aromatic rings. The van der Waals surface area contributed by atoms with E-state index in [0.29, 0.717) is 17.5 Å². The minimum atomic E-state index is -0.154. The second kappa shape index (κ2) is 11.8. The highest BCUT2D eigenvalue weighted by molar-refractivity contribution is 6.21. The van der Waals surface area contributed by atoms with Crippen LogP contribution in [0.25, 0.3) is 105 Å². The Kier molecular flexibility index (Phi) is 6.62. The number of benzene rings is 8. The maximum absolute atomic E-state index is 6.93. The summed E-state index contributed by atoms with van der Waals surface area (Å²) in [7, 11) is 0. The van der Waals surface area contributed by atoms with E-state index in [-0.39, 0.29) is 5.41 Å². The van der Waals surface area contributed by atoms with Gasteiger partial charge in [0.2, 0.25) is 0 Å². The molecule has 0 aliphatic heterocycles. The molecule has 0 atom stereocenters. The van der Waals surface area contributed by atoms with E-state index in [4.69, 9.17) is 19.4 Å². The van der Waals surface area contributed by atoms with Crippen LogP contribution in [-0.2, 0) is 5.41 Å². The molecule has 0 fully saturated rings. The topological polar surface area (TPSA) is 56.7 Å². The lowest BCUT2D eigenvalue weighted by Gasteiger charge is -2.21. The Morgan fingerprint density at radius 1 is 0.491 bits per heavy atom. The number of hydrogen-bond donors (Lipinski definition) is 0. The largest absolute Gasteiger partial charge is 0.455 e. The summed E-state index contributed by atoms with van der Waals surface area (Å²) in [5.41, 5.74) is 12.7. The van der Waals surface area contributed by atoms with E-state index in [1.807, 2.05) is 66.7 Å². The predicted octanol–water partition coefficient (Wildman–Crippen LogP) is 13.3. The standard InChI is InChI=1S/C52H34N4O/c1-52(2)40-23-13-11-21-36(40)45-41(52)27-25-35-39-29-33-19-9-10-20-34(33)30-43(39)56(47(35)45)42-28-26-38(48-46(42)37-22-12-14-24-44(37)57-48)51-54-49(31-15-5-3-6-16-31)53-50(55-51)32-17-7-4-8-18-32/h3-30H,1-2H3. The molecule has 3 aromatic heterocycles. The molecule has 0 amide bonds. The van der Waals surface area contributed by atoms with Crippen LogP contribution in [0.5, 0.6) is 0 Å². The lowest BCUT2D eigenvalue weighted by Crippen LogP contribution is -2.14. The van der Waals surface area contributed by atoms with Crippen LogP contribution in [0.3, 0.4) is 0 Å². The highest BCUT2D eigenvalue weighted by Crippen LogP contribution is 2.54. The van der Waals surface area contributed by atoms with Crippen molar-refractivity contribution in [2.45, 2.75) is 19.3 Å². The third kappa shape index (κ3) is 4.60. The quantitative estimate of drug-likeness (QED) is 0.181. The van der Waals surface area contributed by atoms with Gasteiger partial charge in [-0.25, -0.2) is 15.0 Å². The molecule has 8 aromatic carbocycles. The van der Waals surface area contributed by atoms with E-state index in [2.05, 4.69) is 122 Å². The SMILES string of the molecule is CC1(C)c2ccccc2-c2c1ccc1c3cc4ccccc4cc3n(-c3ccc(-c4nc(-c5ccccc5)nc(-c5ccccc5)n4)c4oc5ccccc5c34)c21. The van der Waals surface area contributed by atoms with Gasteiger partial charge in [0.15, 0.2) is 17.5 Å². The number of aromatic nitrogens is 4. The van der Waals surface area contributed by atoms with E-state index < -0.39 is 0 Å². The normalized spacial score (nSPS) is 13.2. The van der Waals surface area contributed by atoms with Crippen LogP contribution in [0.2, 0.25) is 0 Å². The van der Waals surface area contributed by atoms with Crippen molar-refractivity contribution in [2.24, 2.45) is 0 Å². The fourth-order valence-electron chi connectivity index (χ4n) is 9.33. The molecule has 1 aliphatic carbocycles. The van der Waals surface area contributed by atoms with Crippen molar-refractivity contribution in [1.82, 2.24) is 19.5 Å². The average molecular weight is 731 g/mol. The Morgan fingerprint density at radius 3 is 1.88 bits per heavy atom. The lowest BCUT2D eigenvalue weighted by atomic mass is 9.82. The molecule has 0 radical (unpaired) electrons. The van der Waals surface area contributed by atoms with Crippen molar-refractivity contribution in [3.8, 4) is 51.0 Å². The second-order valence-corrected chi connectivity index (χ2v) is 15.6. The van der Waals surface area contributed by atoms with Crippen molar-refractivity contribution in [3.63, 3.8) is 0 Å². The first kappa shape index (κ1) is 31.9. The number of rotatable bonds is 4. The molecule has 3 heterocycles. The second-order valence-electron chi connectivity index (χ2n) is 15.6. The molecular weight excluding hydrogens is 697 g/mol. The number of fused-ring (bicyclic) bond motifs is 11. The van der Waals surface area contributed by atoms with E-state index in [9.17, 15) is 0 Å². The zero-order valence-electron chi connectivity index (χ0n) is 31.4. The molecule has 1 aliphatic rings. The molecule has 268 valence electrons. The third-order valence-electron chi connectivity index (χ3n) is 12.0. The van der Waals surface area contributed by atoms with Gasteiger partial charge < -0.3 is 8.98 Å². The molecule has 12 rings (SSSR count). The van der Waals surface area contributed by atoms with Crippen molar-refractivity contribution >= 4 is 54.5 Å². The highest BCUT2D eigenvalue weighted by Gasteiger charge is 2.38. The Bertz CT molecular complexity index is 3370. The molecule has 0 spiro atoms. The van der Waals surface area contributed by atoms with Crippen LogP contribution >= 0.6 is 0 Å². The Hall–Kier alpha value is -7.37. The molecule has 0 unspecified atom stereocenters. The summed E-state index contributed by atoms with van der Waals surface area (Å²) in [5, 5.41) is 6.91. The van der Waals surface area contributed by atoms with Gasteiger partial charge in [0.25, 0.3) is 0 Å². The summed E-state index contributed by atoms with van der Waals surface area (Å²) < 4.78 is 9.43. The zero-order valence-corrected chi connectivity index (χ0v) is 31.4. The molecule has 5 nitrogen and oxygen atoms in total. The minimum Gasteiger partial charge on any atom is -0.455 e. The van der Waals surface area contributed by atoms with Crippen LogP contribution in [0, 0.1) is 0 Å². The zero-order chi connectivity index (χ0) is 37.8. The monoisotopic (exact) mass is 730 g/mol. The van der Waals surface area contributed by atoms with Gasteiger partial charge in [-0.05, 0) is 57.8 Å². The van der Waals surface area contributed by atoms with Crippen LogP contribution < -0.4 is 0 Å². The molecule has 0 N–H and O–H groups in total. The van der Waals surface area contributed by atoms with E-state index in [1.54, 1.807) is 0 Å². The van der Waals surface area contributed by atoms with Crippen LogP contribution in [0.1, 0.15) is 25.0 Å². The van der Waals surface area contributed by atoms with Gasteiger partial charge in [0.1, 0.15) is 11.2 Å². The first-order valence-corrected chi connectivity index (χ1v) is 19.5. The van der Waals surface area contributed by atoms with Gasteiger partial charge in [-0.3, -0.25) is 0 Å². The Labute approximate surface area is 328 Å². The minimum absolute atomic E-state index is 0.154. The summed E-state index contributed by atoms with van der Waals surface area (Å²) in [6, 6.07) is 60.0.